The van der Waals surface area contributed by atoms with Crippen molar-refractivity contribution in [2.75, 3.05) is 38.2 Å². The van der Waals surface area contributed by atoms with Crippen molar-refractivity contribution in [2.45, 2.75) is 34.1 Å². The van der Waals surface area contributed by atoms with Gasteiger partial charge in [0.15, 0.2) is 18.0 Å². The van der Waals surface area contributed by atoms with Crippen LogP contribution in [0.15, 0.2) is 18.2 Å². The van der Waals surface area contributed by atoms with Crippen LogP contribution in [-0.2, 0) is 4.79 Å². The molecule has 0 aliphatic carbocycles. The number of ether oxygens (including phenoxy) is 2. The fourth-order valence-corrected chi connectivity index (χ4v) is 3.76. The highest BCUT2D eigenvalue weighted by Gasteiger charge is 2.27. The number of hydrogen-bond donors (Lipinski definition) is 3. The molecule has 1 aromatic rings. The molecule has 7 heteroatoms. The van der Waals surface area contributed by atoms with Gasteiger partial charge in [-0.1, -0.05) is 13.8 Å². The summed E-state index contributed by atoms with van der Waals surface area (Å²) in [6.45, 7) is 11.5. The van der Waals surface area contributed by atoms with Gasteiger partial charge >= 0.3 is 6.03 Å². The molecule has 1 aliphatic rings. The first-order chi connectivity index (χ1) is 12.9. The van der Waals surface area contributed by atoms with E-state index in [4.69, 9.17) is 9.47 Å². The molecule has 1 fully saturated rings. The van der Waals surface area contributed by atoms with E-state index in [9.17, 15) is 9.59 Å². The van der Waals surface area contributed by atoms with Gasteiger partial charge in [0, 0.05) is 23.6 Å². The molecule has 1 saturated heterocycles. The first-order valence-electron chi connectivity index (χ1n) is 9.75. The van der Waals surface area contributed by atoms with Crippen LogP contribution in [0.4, 0.5) is 10.5 Å². The van der Waals surface area contributed by atoms with E-state index in [1.807, 2.05) is 13.8 Å². The SMILES string of the molecule is CCOc1ccc(NC(=O)NC(=O)C[NH+]2C[C@H](C)C[C@H](C)C2)cc1OCC. The van der Waals surface area contributed by atoms with Crippen LogP contribution in [0.1, 0.15) is 34.1 Å². The van der Waals surface area contributed by atoms with Gasteiger partial charge in [0.1, 0.15) is 0 Å². The molecular weight excluding hydrogens is 346 g/mol. The normalized spacial score (nSPS) is 22.0. The van der Waals surface area contributed by atoms with Gasteiger partial charge in [-0.25, -0.2) is 4.79 Å². The van der Waals surface area contributed by atoms with Crippen LogP contribution in [0.3, 0.4) is 0 Å². The van der Waals surface area contributed by atoms with Crippen molar-refractivity contribution in [1.82, 2.24) is 5.32 Å². The average Bonchev–Trinajstić information content (AvgIpc) is 2.56. The van der Waals surface area contributed by atoms with Gasteiger partial charge in [-0.05, 0) is 32.4 Å². The predicted molar refractivity (Wildman–Crippen MR) is 104 cm³/mol. The number of amides is 3. The van der Waals surface area contributed by atoms with Crippen LogP contribution >= 0.6 is 0 Å². The highest BCUT2D eigenvalue weighted by atomic mass is 16.5. The number of likely N-dealkylation sites (tertiary alicyclic amines) is 1. The molecule has 1 heterocycles. The molecule has 3 N–H and O–H groups in total. The van der Waals surface area contributed by atoms with Gasteiger partial charge < -0.3 is 19.7 Å². The third kappa shape index (κ3) is 6.75. The van der Waals surface area contributed by atoms with E-state index in [-0.39, 0.29) is 5.91 Å². The highest BCUT2D eigenvalue weighted by molar-refractivity contribution is 6.01. The average molecular weight is 378 g/mol. The van der Waals surface area contributed by atoms with E-state index >= 15 is 0 Å². The van der Waals surface area contributed by atoms with Crippen molar-refractivity contribution in [3.63, 3.8) is 0 Å². The zero-order chi connectivity index (χ0) is 19.8. The van der Waals surface area contributed by atoms with Gasteiger partial charge in [0.05, 0.1) is 26.3 Å². The minimum absolute atomic E-state index is 0.264. The first kappa shape index (κ1) is 21.0. The Kier molecular flexibility index (Phi) is 7.91. The molecule has 3 atom stereocenters. The van der Waals surface area contributed by atoms with E-state index in [0.29, 0.717) is 48.8 Å². The van der Waals surface area contributed by atoms with Gasteiger partial charge in [-0.3, -0.25) is 10.1 Å². The zero-order valence-electron chi connectivity index (χ0n) is 16.8. The quantitative estimate of drug-likeness (QED) is 0.675. The van der Waals surface area contributed by atoms with Gasteiger partial charge in [0.25, 0.3) is 5.91 Å². The molecule has 1 unspecified atom stereocenters. The number of rotatable bonds is 7. The van der Waals surface area contributed by atoms with E-state index in [1.54, 1.807) is 18.2 Å². The van der Waals surface area contributed by atoms with Gasteiger partial charge in [-0.2, -0.15) is 0 Å². The lowest BCUT2D eigenvalue weighted by atomic mass is 9.92. The maximum atomic E-state index is 12.2. The van der Waals surface area contributed by atoms with E-state index in [0.717, 1.165) is 13.1 Å². The number of benzene rings is 1. The number of quaternary nitrogens is 1. The van der Waals surface area contributed by atoms with Crippen LogP contribution < -0.4 is 25.0 Å². The zero-order valence-corrected chi connectivity index (χ0v) is 16.8. The Hall–Kier alpha value is -2.28. The Morgan fingerprint density at radius 2 is 1.70 bits per heavy atom. The number of imide groups is 1. The minimum Gasteiger partial charge on any atom is -0.490 e. The Labute approximate surface area is 161 Å². The monoisotopic (exact) mass is 378 g/mol. The summed E-state index contributed by atoms with van der Waals surface area (Å²) in [5.41, 5.74) is 0.541. The molecule has 1 aliphatic heterocycles. The lowest BCUT2D eigenvalue weighted by Crippen LogP contribution is -3.15. The molecule has 3 amide bonds. The summed E-state index contributed by atoms with van der Waals surface area (Å²) in [5.74, 6) is 2.12. The third-order valence-corrected chi connectivity index (χ3v) is 4.54. The number of carbonyl (C=O) groups is 2. The van der Waals surface area contributed by atoms with Gasteiger partial charge in [0.2, 0.25) is 0 Å². The van der Waals surface area contributed by atoms with E-state index in [2.05, 4.69) is 24.5 Å². The standard InChI is InChI=1S/C20H31N3O4/c1-5-26-17-8-7-16(10-18(17)27-6-2)21-20(25)22-19(24)13-23-11-14(3)9-15(4)12-23/h7-8,10,14-15H,5-6,9,11-13H2,1-4H3,(H2,21,22,24,25)/p+1/t14-,15+. The maximum Gasteiger partial charge on any atom is 0.326 e. The molecule has 7 nitrogen and oxygen atoms in total. The molecule has 1 aromatic carbocycles. The summed E-state index contributed by atoms with van der Waals surface area (Å²) < 4.78 is 11.1. The second-order valence-electron chi connectivity index (χ2n) is 7.31. The second-order valence-corrected chi connectivity index (χ2v) is 7.31. The topological polar surface area (TPSA) is 81.1 Å². The Morgan fingerprint density at radius 1 is 1.07 bits per heavy atom. The van der Waals surface area contributed by atoms with Crippen molar-refractivity contribution in [1.29, 1.82) is 0 Å². The number of hydrogen-bond acceptors (Lipinski definition) is 4. The van der Waals surface area contributed by atoms with Crippen LogP contribution in [-0.4, -0.2) is 44.8 Å². The Bertz CT molecular complexity index is 640. The first-order valence-corrected chi connectivity index (χ1v) is 9.75. The molecule has 0 aromatic heterocycles. The second kappa shape index (κ2) is 10.2. The third-order valence-electron chi connectivity index (χ3n) is 4.54. The summed E-state index contributed by atoms with van der Waals surface area (Å²) in [6.07, 6.45) is 1.20. The number of nitrogens with one attached hydrogen (secondary N) is 3. The molecular formula is C20H32N3O4+. The lowest BCUT2D eigenvalue weighted by Gasteiger charge is -2.31. The summed E-state index contributed by atoms with van der Waals surface area (Å²) in [6, 6.07) is 4.62. The van der Waals surface area contributed by atoms with E-state index in [1.165, 1.54) is 11.3 Å². The molecule has 2 rings (SSSR count). The van der Waals surface area contributed by atoms with Crippen LogP contribution in [0, 0.1) is 11.8 Å². The van der Waals surface area contributed by atoms with Crippen LogP contribution in [0.5, 0.6) is 11.5 Å². The Morgan fingerprint density at radius 3 is 2.33 bits per heavy atom. The summed E-state index contributed by atoms with van der Waals surface area (Å²) >= 11 is 0. The highest BCUT2D eigenvalue weighted by Crippen LogP contribution is 2.30. The van der Waals surface area contributed by atoms with Crippen molar-refractivity contribution < 1.29 is 24.0 Å². The number of carbonyl (C=O) groups excluding carboxylic acids is 2. The molecule has 27 heavy (non-hydrogen) atoms. The fraction of sp³-hybridized carbons (Fsp3) is 0.600. The molecule has 0 radical (unpaired) electrons. The molecule has 0 bridgehead atoms. The minimum atomic E-state index is -0.538. The smallest absolute Gasteiger partial charge is 0.326 e. The molecule has 0 saturated carbocycles. The van der Waals surface area contributed by atoms with Crippen molar-refractivity contribution in [2.24, 2.45) is 11.8 Å². The molecule has 150 valence electrons. The largest absolute Gasteiger partial charge is 0.490 e. The van der Waals surface area contributed by atoms with Crippen molar-refractivity contribution in [3.05, 3.63) is 18.2 Å². The van der Waals surface area contributed by atoms with Crippen LogP contribution in [0.25, 0.3) is 0 Å². The van der Waals surface area contributed by atoms with E-state index < -0.39 is 6.03 Å². The van der Waals surface area contributed by atoms with Crippen molar-refractivity contribution >= 4 is 17.6 Å². The summed E-state index contributed by atoms with van der Waals surface area (Å²) in [4.78, 5) is 25.6. The lowest BCUT2D eigenvalue weighted by molar-refractivity contribution is -0.904. The Balaban J connectivity index is 1.89. The van der Waals surface area contributed by atoms with Gasteiger partial charge in [-0.15, -0.1) is 0 Å². The summed E-state index contributed by atoms with van der Waals surface area (Å²) in [7, 11) is 0. The number of urea groups is 1. The molecule has 0 spiro atoms. The predicted octanol–water partition coefficient (Wildman–Crippen LogP) is 1.69. The van der Waals surface area contributed by atoms with Crippen molar-refractivity contribution in [3.8, 4) is 11.5 Å². The number of anilines is 1. The summed E-state index contributed by atoms with van der Waals surface area (Å²) in [5, 5.41) is 5.09. The fourth-order valence-electron chi connectivity index (χ4n) is 3.76. The maximum absolute atomic E-state index is 12.2. The number of piperidine rings is 1. The van der Waals surface area contributed by atoms with Crippen LogP contribution in [0.2, 0.25) is 0 Å².